The van der Waals surface area contributed by atoms with Gasteiger partial charge in [0.15, 0.2) is 0 Å². The zero-order chi connectivity index (χ0) is 19.3. The Labute approximate surface area is 162 Å². The molecule has 1 saturated carbocycles. The van der Waals surface area contributed by atoms with E-state index in [0.29, 0.717) is 24.6 Å². The summed E-state index contributed by atoms with van der Waals surface area (Å²) < 4.78 is 11.8. The maximum Gasteiger partial charge on any atom is 0.309 e. The Kier molecular flexibility index (Phi) is 3.66. The van der Waals surface area contributed by atoms with Gasteiger partial charge in [0.05, 0.1) is 18.5 Å². The average molecular weight is 374 g/mol. The van der Waals surface area contributed by atoms with Gasteiger partial charge in [-0.25, -0.2) is 9.88 Å². The fourth-order valence-electron chi connectivity index (χ4n) is 3.79. The van der Waals surface area contributed by atoms with Crippen LogP contribution in [0.2, 0.25) is 0 Å². The second-order valence-electron chi connectivity index (χ2n) is 7.36. The first kappa shape index (κ1) is 16.8. The monoisotopic (exact) mass is 374 g/mol. The van der Waals surface area contributed by atoms with Gasteiger partial charge in [-0.3, -0.25) is 9.59 Å². The number of nitrogens with zero attached hydrogens (tertiary/aromatic N) is 2. The molecular formula is C22H18N2O4. The zero-order valence-electron chi connectivity index (χ0n) is 15.4. The summed E-state index contributed by atoms with van der Waals surface area (Å²) >= 11 is 0. The van der Waals surface area contributed by atoms with E-state index >= 15 is 0 Å². The highest BCUT2D eigenvalue weighted by atomic mass is 16.5. The molecule has 0 unspecified atom stereocenters. The molecule has 2 aliphatic heterocycles. The van der Waals surface area contributed by atoms with Crippen molar-refractivity contribution in [3.05, 3.63) is 42.1 Å². The molecule has 0 N–H and O–H groups in total. The number of carbonyl (C=O) groups excluding carboxylic acids is 2. The molecule has 0 bridgehead atoms. The summed E-state index contributed by atoms with van der Waals surface area (Å²) in [6.07, 6.45) is 4.24. The van der Waals surface area contributed by atoms with Crippen LogP contribution in [0.25, 0.3) is 0 Å². The predicted octanol–water partition coefficient (Wildman–Crippen LogP) is 3.20. The summed E-state index contributed by atoms with van der Waals surface area (Å²) in [7, 11) is 0. The smallest absolute Gasteiger partial charge is 0.309 e. The van der Waals surface area contributed by atoms with E-state index in [4.69, 9.17) is 9.47 Å². The fraction of sp³-hybridized carbons (Fsp3) is 0.318. The van der Waals surface area contributed by atoms with Crippen molar-refractivity contribution in [3.8, 4) is 29.2 Å². The van der Waals surface area contributed by atoms with Crippen molar-refractivity contribution in [2.24, 2.45) is 5.92 Å². The van der Waals surface area contributed by atoms with Crippen LogP contribution in [-0.2, 0) is 15.0 Å². The summed E-state index contributed by atoms with van der Waals surface area (Å²) in [5.74, 6) is 5.92. The van der Waals surface area contributed by atoms with E-state index in [2.05, 4.69) is 16.8 Å². The number of carbonyl (C=O) groups is 2. The molecule has 0 saturated heterocycles. The van der Waals surface area contributed by atoms with Crippen molar-refractivity contribution in [2.75, 3.05) is 11.5 Å². The molecule has 1 aromatic heterocycles. The van der Waals surface area contributed by atoms with Crippen LogP contribution < -0.4 is 14.4 Å². The van der Waals surface area contributed by atoms with Gasteiger partial charge in [-0.2, -0.15) is 0 Å². The van der Waals surface area contributed by atoms with Crippen LogP contribution in [0.5, 0.6) is 17.4 Å². The van der Waals surface area contributed by atoms with Gasteiger partial charge < -0.3 is 9.47 Å². The van der Waals surface area contributed by atoms with E-state index in [1.165, 1.54) is 6.20 Å². The number of fused-ring (bicyclic) bond motifs is 2. The van der Waals surface area contributed by atoms with Crippen LogP contribution in [0.4, 0.5) is 5.69 Å². The van der Waals surface area contributed by atoms with E-state index < -0.39 is 11.8 Å². The second kappa shape index (κ2) is 6.10. The lowest BCUT2D eigenvalue weighted by Crippen LogP contribution is -2.42. The molecule has 1 atom stereocenters. The molecule has 6 heteroatoms. The van der Waals surface area contributed by atoms with E-state index in [-0.39, 0.29) is 11.3 Å². The normalized spacial score (nSPS) is 21.0. The summed E-state index contributed by atoms with van der Waals surface area (Å²) in [4.78, 5) is 30.0. The highest BCUT2D eigenvalue weighted by Crippen LogP contribution is 2.58. The lowest BCUT2D eigenvalue weighted by Gasteiger charge is -2.23. The van der Waals surface area contributed by atoms with Gasteiger partial charge in [-0.05, 0) is 43.4 Å². The molecule has 1 aromatic carbocycles. The first-order valence-electron chi connectivity index (χ1n) is 9.41. The Morgan fingerprint density at radius 1 is 1.29 bits per heavy atom. The highest BCUT2D eigenvalue weighted by Gasteiger charge is 2.52. The molecular weight excluding hydrogens is 356 g/mol. The van der Waals surface area contributed by atoms with Crippen LogP contribution in [0.3, 0.4) is 0 Å². The number of imide groups is 1. The molecule has 5 rings (SSSR count). The molecule has 3 aliphatic rings. The van der Waals surface area contributed by atoms with Crippen molar-refractivity contribution in [1.82, 2.24) is 4.98 Å². The van der Waals surface area contributed by atoms with Crippen molar-refractivity contribution < 1.29 is 19.1 Å². The third-order valence-corrected chi connectivity index (χ3v) is 5.55. The lowest BCUT2D eigenvalue weighted by atomic mass is 9.97. The van der Waals surface area contributed by atoms with E-state index in [0.717, 1.165) is 34.8 Å². The summed E-state index contributed by atoms with van der Waals surface area (Å²) in [6, 6.07) is 9.10. The van der Waals surface area contributed by atoms with Crippen LogP contribution in [0.1, 0.15) is 31.7 Å². The standard InChI is InChI=1S/C22H18N2O4/c1-2-14-6-9-19(25)24(21(14)26)15-7-8-18(23-12-15)28-17-5-3-4-16-20(17)22(10-11-22)13-27-16/h3-5,7-8,12,14H,2,10-11,13H2,1H3/t14-/m0/s1. The van der Waals surface area contributed by atoms with E-state index in [1.54, 1.807) is 12.1 Å². The number of ether oxygens (including phenoxy) is 2. The number of anilines is 1. The van der Waals surface area contributed by atoms with Gasteiger partial charge >= 0.3 is 5.91 Å². The van der Waals surface area contributed by atoms with Crippen molar-refractivity contribution >= 4 is 17.5 Å². The van der Waals surface area contributed by atoms with Gasteiger partial charge in [-0.1, -0.05) is 18.9 Å². The maximum atomic E-state index is 12.5. The third-order valence-electron chi connectivity index (χ3n) is 5.55. The number of hydrogen-bond donors (Lipinski definition) is 0. The molecule has 0 radical (unpaired) electrons. The minimum atomic E-state index is -0.529. The zero-order valence-corrected chi connectivity index (χ0v) is 15.4. The van der Waals surface area contributed by atoms with Crippen molar-refractivity contribution in [3.63, 3.8) is 0 Å². The van der Waals surface area contributed by atoms with Crippen LogP contribution in [-0.4, -0.2) is 23.4 Å². The van der Waals surface area contributed by atoms with E-state index in [1.807, 2.05) is 25.1 Å². The summed E-state index contributed by atoms with van der Waals surface area (Å²) in [5, 5.41) is 0. The molecule has 3 heterocycles. The Morgan fingerprint density at radius 3 is 2.86 bits per heavy atom. The molecule has 28 heavy (non-hydrogen) atoms. The molecule has 6 nitrogen and oxygen atoms in total. The minimum Gasteiger partial charge on any atom is -0.492 e. The predicted molar refractivity (Wildman–Crippen MR) is 101 cm³/mol. The lowest BCUT2D eigenvalue weighted by molar-refractivity contribution is -0.126. The molecule has 2 amide bonds. The topological polar surface area (TPSA) is 68.7 Å². The molecule has 140 valence electrons. The number of amides is 2. The molecule has 1 aliphatic carbocycles. The van der Waals surface area contributed by atoms with Crippen LogP contribution in [0.15, 0.2) is 36.5 Å². The second-order valence-corrected chi connectivity index (χ2v) is 7.36. The number of aromatic nitrogens is 1. The van der Waals surface area contributed by atoms with Crippen molar-refractivity contribution in [1.29, 1.82) is 0 Å². The average Bonchev–Trinajstić information content (AvgIpc) is 3.38. The maximum absolute atomic E-state index is 12.5. The van der Waals surface area contributed by atoms with E-state index in [9.17, 15) is 9.59 Å². The van der Waals surface area contributed by atoms with Crippen molar-refractivity contribution in [2.45, 2.75) is 31.6 Å². The number of pyridine rings is 1. The third kappa shape index (κ3) is 2.55. The summed E-state index contributed by atoms with van der Waals surface area (Å²) in [6.45, 7) is 2.57. The van der Waals surface area contributed by atoms with Gasteiger partial charge in [0.25, 0.3) is 0 Å². The summed E-state index contributed by atoms with van der Waals surface area (Å²) in [5.41, 5.74) is 1.60. The fourth-order valence-corrected chi connectivity index (χ4v) is 3.79. The number of rotatable bonds is 4. The molecule has 1 spiro atoms. The first-order chi connectivity index (χ1) is 13.6. The number of benzene rings is 1. The Morgan fingerprint density at radius 2 is 2.14 bits per heavy atom. The number of hydrogen-bond acceptors (Lipinski definition) is 5. The van der Waals surface area contributed by atoms with Gasteiger partial charge in [-0.15, -0.1) is 0 Å². The molecule has 2 aromatic rings. The van der Waals surface area contributed by atoms with Crippen LogP contribution in [0, 0.1) is 17.8 Å². The highest BCUT2D eigenvalue weighted by molar-refractivity contribution is 6.24. The Bertz CT molecular complexity index is 1040. The first-order valence-corrected chi connectivity index (χ1v) is 9.41. The van der Waals surface area contributed by atoms with Gasteiger partial charge in [0.2, 0.25) is 11.8 Å². The Balaban J connectivity index is 1.41. The quantitative estimate of drug-likeness (QED) is 0.607. The van der Waals surface area contributed by atoms with Gasteiger partial charge in [0, 0.05) is 17.0 Å². The molecule has 1 fully saturated rings. The van der Waals surface area contributed by atoms with Crippen LogP contribution >= 0.6 is 0 Å². The SMILES string of the molecule is CC[C@H]1C#CC(=O)N(c2ccc(Oc3cccc4c3C3(CC3)CO4)nc2)C1=O. The Hall–Kier alpha value is -3.33. The largest absolute Gasteiger partial charge is 0.492 e. The van der Waals surface area contributed by atoms with Gasteiger partial charge in [0.1, 0.15) is 17.4 Å². The minimum absolute atomic E-state index is 0.0896.